The molecule has 1 rings (SSSR count). The Kier molecular flexibility index (Phi) is 3.61. The minimum Gasteiger partial charge on any atom is -0.480 e. The normalized spacial score (nSPS) is 31.3. The predicted molar refractivity (Wildman–Crippen MR) is 56.4 cm³/mol. The zero-order chi connectivity index (χ0) is 12.2. The molecule has 0 bridgehead atoms. The Bertz CT molecular complexity index is 254. The molecule has 1 heterocycles. The van der Waals surface area contributed by atoms with E-state index in [-0.39, 0.29) is 19.1 Å². The average molecular weight is 216 g/mol. The highest BCUT2D eigenvalue weighted by atomic mass is 16.4. The number of hydrogen-bond donors (Lipinski definition) is 4. The third kappa shape index (κ3) is 2.93. The van der Waals surface area contributed by atoms with Crippen molar-refractivity contribution < 1.29 is 21.3 Å². The SMILES string of the molecule is [2H]C[C@]1(C(=O)O)NCC[C@H]1CCCB(O)O. The molecular weight excluding hydrogens is 197 g/mol. The van der Waals surface area contributed by atoms with Crippen molar-refractivity contribution in [3.05, 3.63) is 0 Å². The molecule has 15 heavy (non-hydrogen) atoms. The van der Waals surface area contributed by atoms with Crippen molar-refractivity contribution in [1.29, 1.82) is 0 Å². The van der Waals surface area contributed by atoms with Crippen LogP contribution in [-0.4, -0.2) is 40.3 Å². The van der Waals surface area contributed by atoms with E-state index in [1.807, 2.05) is 0 Å². The Morgan fingerprint density at radius 2 is 2.47 bits per heavy atom. The molecule has 1 saturated heterocycles. The third-order valence-corrected chi connectivity index (χ3v) is 3.03. The summed E-state index contributed by atoms with van der Waals surface area (Å²) in [5.41, 5.74) is -1.14. The van der Waals surface area contributed by atoms with Crippen molar-refractivity contribution in [2.45, 2.75) is 38.0 Å². The fraction of sp³-hybridized carbons (Fsp3) is 0.889. The minimum absolute atomic E-state index is 0.0961. The van der Waals surface area contributed by atoms with Gasteiger partial charge in [-0.15, -0.1) is 0 Å². The van der Waals surface area contributed by atoms with Crippen molar-refractivity contribution in [2.24, 2.45) is 5.92 Å². The summed E-state index contributed by atoms with van der Waals surface area (Å²) in [4.78, 5) is 11.2. The van der Waals surface area contributed by atoms with E-state index in [0.29, 0.717) is 19.4 Å². The second-order valence-corrected chi connectivity index (χ2v) is 4.10. The second kappa shape index (κ2) is 4.96. The Morgan fingerprint density at radius 3 is 3.00 bits per heavy atom. The van der Waals surface area contributed by atoms with E-state index in [0.717, 1.165) is 6.42 Å². The molecule has 4 N–H and O–H groups in total. The number of aliphatic carboxylic acids is 1. The van der Waals surface area contributed by atoms with E-state index in [9.17, 15) is 4.79 Å². The highest BCUT2D eigenvalue weighted by Crippen LogP contribution is 2.31. The summed E-state index contributed by atoms with van der Waals surface area (Å²) in [6.45, 7) is 0.423. The molecular formula is C9H18BNO4. The van der Waals surface area contributed by atoms with Crippen molar-refractivity contribution in [1.82, 2.24) is 5.32 Å². The molecule has 0 aromatic heterocycles. The van der Waals surface area contributed by atoms with E-state index >= 15 is 0 Å². The average Bonchev–Trinajstić information content (AvgIpc) is 2.61. The number of carboxylic acids is 1. The molecule has 86 valence electrons. The maximum Gasteiger partial charge on any atom is 0.451 e. The van der Waals surface area contributed by atoms with Gasteiger partial charge in [0.2, 0.25) is 0 Å². The maximum absolute atomic E-state index is 11.2. The molecule has 0 saturated carbocycles. The fourth-order valence-corrected chi connectivity index (χ4v) is 2.05. The summed E-state index contributed by atoms with van der Waals surface area (Å²) in [5.74, 6) is -1.07. The number of hydrogen-bond acceptors (Lipinski definition) is 4. The topological polar surface area (TPSA) is 89.8 Å². The van der Waals surface area contributed by atoms with Crippen LogP contribution in [0.1, 0.15) is 27.5 Å². The number of nitrogens with one attached hydrogen (secondary N) is 1. The largest absolute Gasteiger partial charge is 0.480 e. The van der Waals surface area contributed by atoms with Crippen LogP contribution in [0, 0.1) is 5.92 Å². The quantitative estimate of drug-likeness (QED) is 0.473. The number of rotatable bonds is 5. The molecule has 1 fully saturated rings. The lowest BCUT2D eigenvalue weighted by atomic mass is 9.78. The summed E-state index contributed by atoms with van der Waals surface area (Å²) >= 11 is 0. The first kappa shape index (κ1) is 10.9. The lowest BCUT2D eigenvalue weighted by Gasteiger charge is -2.26. The van der Waals surface area contributed by atoms with Gasteiger partial charge in [0.05, 0.1) is 0 Å². The Morgan fingerprint density at radius 1 is 1.73 bits per heavy atom. The summed E-state index contributed by atoms with van der Waals surface area (Å²) in [7, 11) is -1.33. The molecule has 0 spiro atoms. The zero-order valence-electron chi connectivity index (χ0n) is 9.65. The number of carbonyl (C=O) groups is 1. The number of carboxylic acid groups (broad SMARTS) is 1. The van der Waals surface area contributed by atoms with Crippen LogP contribution in [0.15, 0.2) is 0 Å². The Labute approximate surface area is 91.0 Å². The first-order valence-electron chi connectivity index (χ1n) is 5.87. The lowest BCUT2D eigenvalue weighted by Crippen LogP contribution is -2.49. The van der Waals surface area contributed by atoms with Crippen LogP contribution in [0.2, 0.25) is 6.32 Å². The molecule has 6 heteroatoms. The van der Waals surface area contributed by atoms with Crippen molar-refractivity contribution >= 4 is 13.1 Å². The van der Waals surface area contributed by atoms with E-state index in [1.165, 1.54) is 0 Å². The van der Waals surface area contributed by atoms with Crippen LogP contribution in [0.4, 0.5) is 0 Å². The van der Waals surface area contributed by atoms with E-state index in [2.05, 4.69) is 5.32 Å². The van der Waals surface area contributed by atoms with Crippen molar-refractivity contribution in [3.8, 4) is 0 Å². The Balaban J connectivity index is 2.54. The highest BCUT2D eigenvalue weighted by molar-refractivity contribution is 6.40. The van der Waals surface area contributed by atoms with E-state index in [4.69, 9.17) is 16.5 Å². The van der Waals surface area contributed by atoms with Gasteiger partial charge in [0.15, 0.2) is 0 Å². The van der Waals surface area contributed by atoms with E-state index < -0.39 is 18.6 Å². The molecule has 0 amide bonds. The molecule has 5 nitrogen and oxygen atoms in total. The molecule has 0 aliphatic carbocycles. The fourth-order valence-electron chi connectivity index (χ4n) is 2.05. The molecule has 1 aliphatic rings. The summed E-state index contributed by atoms with van der Waals surface area (Å²) in [5, 5.41) is 29.5. The van der Waals surface area contributed by atoms with Gasteiger partial charge in [-0.2, -0.15) is 0 Å². The Hall–Kier alpha value is -0.585. The zero-order valence-corrected chi connectivity index (χ0v) is 8.65. The van der Waals surface area contributed by atoms with Gasteiger partial charge in [0.25, 0.3) is 0 Å². The van der Waals surface area contributed by atoms with Gasteiger partial charge in [0.1, 0.15) is 5.54 Å². The van der Waals surface area contributed by atoms with Crippen LogP contribution in [0.25, 0.3) is 0 Å². The van der Waals surface area contributed by atoms with Gasteiger partial charge in [-0.05, 0) is 38.5 Å². The van der Waals surface area contributed by atoms with Crippen LogP contribution in [0.5, 0.6) is 0 Å². The summed E-state index contributed by atoms with van der Waals surface area (Å²) < 4.78 is 7.39. The maximum atomic E-state index is 11.2. The van der Waals surface area contributed by atoms with Crippen LogP contribution < -0.4 is 5.32 Å². The minimum atomic E-state index is -1.33. The molecule has 0 unspecified atom stereocenters. The van der Waals surface area contributed by atoms with Gasteiger partial charge < -0.3 is 20.5 Å². The monoisotopic (exact) mass is 216 g/mol. The second-order valence-electron chi connectivity index (χ2n) is 4.10. The van der Waals surface area contributed by atoms with Crippen LogP contribution in [-0.2, 0) is 4.79 Å². The first-order chi connectivity index (χ1) is 7.53. The van der Waals surface area contributed by atoms with Crippen molar-refractivity contribution in [3.63, 3.8) is 0 Å². The smallest absolute Gasteiger partial charge is 0.451 e. The highest BCUT2D eigenvalue weighted by Gasteiger charge is 2.44. The third-order valence-electron chi connectivity index (χ3n) is 3.03. The van der Waals surface area contributed by atoms with Crippen LogP contribution in [0.3, 0.4) is 0 Å². The van der Waals surface area contributed by atoms with Gasteiger partial charge in [-0.1, -0.05) is 6.42 Å². The molecule has 1 aliphatic heterocycles. The lowest BCUT2D eigenvalue weighted by molar-refractivity contribution is -0.145. The standard InChI is InChI=1S/C9H18BNO4/c1-9(8(12)13)7(4-6-11-9)3-2-5-10(14)15/h7,11,14-15H,2-6H2,1H3,(H,12,13)/t7-,9+/m1/s1/i1D. The molecule has 2 atom stereocenters. The molecule has 0 radical (unpaired) electrons. The van der Waals surface area contributed by atoms with Crippen molar-refractivity contribution in [2.75, 3.05) is 6.54 Å². The first-order valence-corrected chi connectivity index (χ1v) is 5.16. The van der Waals surface area contributed by atoms with Gasteiger partial charge in [0, 0.05) is 1.37 Å². The van der Waals surface area contributed by atoms with Gasteiger partial charge in [-0.3, -0.25) is 4.79 Å². The summed E-state index contributed by atoms with van der Waals surface area (Å²) in [6.07, 6.45) is 2.16. The summed E-state index contributed by atoms with van der Waals surface area (Å²) in [6, 6.07) is 0. The predicted octanol–water partition coefficient (Wildman–Crippen LogP) is -0.308. The molecule has 0 aromatic rings. The van der Waals surface area contributed by atoms with Crippen LogP contribution >= 0.6 is 0 Å². The van der Waals surface area contributed by atoms with Gasteiger partial charge in [-0.25, -0.2) is 0 Å². The van der Waals surface area contributed by atoms with E-state index in [1.54, 1.807) is 0 Å². The molecule has 0 aromatic carbocycles. The van der Waals surface area contributed by atoms with Gasteiger partial charge >= 0.3 is 13.1 Å².